The van der Waals surface area contributed by atoms with Gasteiger partial charge in [0.25, 0.3) is 11.8 Å². The second-order valence-electron chi connectivity index (χ2n) is 5.80. The van der Waals surface area contributed by atoms with Crippen molar-refractivity contribution in [1.82, 2.24) is 20.5 Å². The van der Waals surface area contributed by atoms with Gasteiger partial charge in [-0.15, -0.1) is 24.0 Å². The number of carbonyl (C=O) groups is 2. The van der Waals surface area contributed by atoms with Crippen LogP contribution in [0.3, 0.4) is 0 Å². The van der Waals surface area contributed by atoms with Gasteiger partial charge in [0.05, 0.1) is 11.1 Å². The van der Waals surface area contributed by atoms with Crippen molar-refractivity contribution in [2.24, 2.45) is 4.99 Å². The Balaban J connectivity index is 0.00000261. The number of nitrogens with one attached hydrogen (secondary N) is 2. The van der Waals surface area contributed by atoms with E-state index >= 15 is 0 Å². The molecule has 0 spiro atoms. The van der Waals surface area contributed by atoms with Gasteiger partial charge in [0, 0.05) is 45.0 Å². The molecule has 0 saturated heterocycles. The van der Waals surface area contributed by atoms with E-state index in [0.717, 1.165) is 12.1 Å². The third kappa shape index (κ3) is 5.03. The van der Waals surface area contributed by atoms with E-state index in [4.69, 9.17) is 0 Å². The molecule has 2 amide bonds. The highest BCUT2D eigenvalue weighted by Gasteiger charge is 2.34. The molecule has 7 nitrogen and oxygen atoms in total. The fourth-order valence-electron chi connectivity index (χ4n) is 2.80. The monoisotopic (exact) mass is 479 g/mol. The van der Waals surface area contributed by atoms with Crippen molar-refractivity contribution in [3.05, 3.63) is 65.5 Å². The van der Waals surface area contributed by atoms with Crippen LogP contribution in [0.25, 0.3) is 0 Å². The zero-order valence-corrected chi connectivity index (χ0v) is 17.3. The van der Waals surface area contributed by atoms with Crippen molar-refractivity contribution >= 4 is 41.8 Å². The molecule has 27 heavy (non-hydrogen) atoms. The van der Waals surface area contributed by atoms with E-state index in [9.17, 15) is 9.59 Å². The Morgan fingerprint density at radius 1 is 1.00 bits per heavy atom. The summed E-state index contributed by atoms with van der Waals surface area (Å²) in [6.07, 6.45) is 2.55. The lowest BCUT2D eigenvalue weighted by atomic mass is 10.1. The molecule has 0 radical (unpaired) electrons. The number of rotatable bonds is 6. The van der Waals surface area contributed by atoms with Gasteiger partial charge < -0.3 is 10.6 Å². The van der Waals surface area contributed by atoms with Crippen LogP contribution in [0.15, 0.2) is 53.7 Å². The van der Waals surface area contributed by atoms with E-state index in [-0.39, 0.29) is 42.3 Å². The summed E-state index contributed by atoms with van der Waals surface area (Å²) in [5, 5.41) is 6.32. The van der Waals surface area contributed by atoms with E-state index < -0.39 is 0 Å². The standard InChI is InChI=1S/C19H21N5O2.HI/c1-20-19(22-11-9-14-6-4-5-10-21-14)23-12-13-24-17(25)15-7-2-3-8-16(15)18(24)26;/h2-8,10H,9,11-13H2,1H3,(H2,20,22,23);1H. The molecule has 142 valence electrons. The van der Waals surface area contributed by atoms with Crippen LogP contribution in [0.4, 0.5) is 0 Å². The van der Waals surface area contributed by atoms with Crippen LogP contribution in [-0.4, -0.2) is 54.3 Å². The predicted octanol–water partition coefficient (Wildman–Crippen LogP) is 1.70. The van der Waals surface area contributed by atoms with Crippen LogP contribution in [0, 0.1) is 0 Å². The van der Waals surface area contributed by atoms with Gasteiger partial charge in [0.2, 0.25) is 0 Å². The van der Waals surface area contributed by atoms with Gasteiger partial charge in [-0.3, -0.25) is 24.5 Å². The highest BCUT2D eigenvalue weighted by atomic mass is 127. The molecule has 0 bridgehead atoms. The molecule has 1 aliphatic heterocycles. The first-order chi connectivity index (χ1) is 12.7. The molecule has 1 aromatic heterocycles. The lowest BCUT2D eigenvalue weighted by Gasteiger charge is -2.16. The Bertz CT molecular complexity index is 791. The van der Waals surface area contributed by atoms with Crippen LogP contribution in [0.5, 0.6) is 0 Å². The molecule has 3 rings (SSSR count). The zero-order valence-electron chi connectivity index (χ0n) is 15.0. The van der Waals surface area contributed by atoms with Crippen molar-refractivity contribution in [3.8, 4) is 0 Å². The Morgan fingerprint density at radius 2 is 1.63 bits per heavy atom. The van der Waals surface area contributed by atoms with Gasteiger partial charge in [0.15, 0.2) is 5.96 Å². The third-order valence-electron chi connectivity index (χ3n) is 4.13. The fourth-order valence-corrected chi connectivity index (χ4v) is 2.80. The van der Waals surface area contributed by atoms with Gasteiger partial charge in [-0.05, 0) is 24.3 Å². The van der Waals surface area contributed by atoms with E-state index in [0.29, 0.717) is 30.2 Å². The number of aromatic nitrogens is 1. The van der Waals surface area contributed by atoms with Crippen molar-refractivity contribution in [2.45, 2.75) is 6.42 Å². The molecule has 1 aliphatic rings. The van der Waals surface area contributed by atoms with Gasteiger partial charge in [-0.25, -0.2) is 0 Å². The number of fused-ring (bicyclic) bond motifs is 1. The summed E-state index contributed by atoms with van der Waals surface area (Å²) in [7, 11) is 1.68. The SMILES string of the molecule is CN=C(NCCc1ccccn1)NCCN1C(=O)c2ccccc2C1=O.I. The number of hydrogen-bond donors (Lipinski definition) is 2. The molecule has 2 heterocycles. The summed E-state index contributed by atoms with van der Waals surface area (Å²) < 4.78 is 0. The van der Waals surface area contributed by atoms with Crippen molar-refractivity contribution in [3.63, 3.8) is 0 Å². The van der Waals surface area contributed by atoms with Gasteiger partial charge in [0.1, 0.15) is 0 Å². The molecule has 0 unspecified atom stereocenters. The molecule has 2 aromatic rings. The maximum Gasteiger partial charge on any atom is 0.261 e. The Morgan fingerprint density at radius 3 is 2.22 bits per heavy atom. The molecular weight excluding hydrogens is 457 g/mol. The average Bonchev–Trinajstić information content (AvgIpc) is 2.92. The maximum atomic E-state index is 12.3. The largest absolute Gasteiger partial charge is 0.356 e. The molecule has 1 aromatic carbocycles. The van der Waals surface area contributed by atoms with Crippen molar-refractivity contribution < 1.29 is 9.59 Å². The number of halogens is 1. The number of hydrogen-bond acceptors (Lipinski definition) is 4. The number of guanidine groups is 1. The number of aliphatic imine (C=N–C) groups is 1. The second-order valence-corrected chi connectivity index (χ2v) is 5.80. The summed E-state index contributed by atoms with van der Waals surface area (Å²) in [6, 6.07) is 12.7. The average molecular weight is 479 g/mol. The summed E-state index contributed by atoms with van der Waals surface area (Å²) >= 11 is 0. The molecule has 2 N–H and O–H groups in total. The van der Waals surface area contributed by atoms with Crippen molar-refractivity contribution in [1.29, 1.82) is 0 Å². The molecule has 0 saturated carbocycles. The second kappa shape index (κ2) is 10.0. The first-order valence-electron chi connectivity index (χ1n) is 8.50. The molecular formula is C19H22IN5O2. The Labute approximate surface area is 175 Å². The normalized spacial score (nSPS) is 13.2. The van der Waals surface area contributed by atoms with Gasteiger partial charge in [-0.1, -0.05) is 18.2 Å². The number of imide groups is 1. The minimum atomic E-state index is -0.245. The van der Waals surface area contributed by atoms with Crippen LogP contribution in [-0.2, 0) is 6.42 Å². The zero-order chi connectivity index (χ0) is 18.4. The lowest BCUT2D eigenvalue weighted by molar-refractivity contribution is 0.0657. The summed E-state index contributed by atoms with van der Waals surface area (Å²) in [5.41, 5.74) is 1.94. The van der Waals surface area contributed by atoms with E-state index in [1.807, 2.05) is 18.2 Å². The third-order valence-corrected chi connectivity index (χ3v) is 4.13. The van der Waals surface area contributed by atoms with Crippen LogP contribution in [0.1, 0.15) is 26.4 Å². The van der Waals surface area contributed by atoms with Gasteiger partial charge in [-0.2, -0.15) is 0 Å². The summed E-state index contributed by atoms with van der Waals surface area (Å²) in [5.74, 6) is 0.133. The molecule has 0 atom stereocenters. The number of benzene rings is 1. The number of amides is 2. The predicted molar refractivity (Wildman–Crippen MR) is 115 cm³/mol. The Kier molecular flexibility index (Phi) is 7.71. The van der Waals surface area contributed by atoms with Crippen LogP contribution in [0.2, 0.25) is 0 Å². The molecule has 8 heteroatoms. The first-order valence-corrected chi connectivity index (χ1v) is 8.50. The quantitative estimate of drug-likeness (QED) is 0.285. The van der Waals surface area contributed by atoms with E-state index in [1.54, 1.807) is 37.5 Å². The lowest BCUT2D eigenvalue weighted by Crippen LogP contribution is -2.43. The fraction of sp³-hybridized carbons (Fsp3) is 0.263. The van der Waals surface area contributed by atoms with Gasteiger partial charge >= 0.3 is 0 Å². The number of pyridine rings is 1. The first kappa shape index (κ1) is 20.8. The van der Waals surface area contributed by atoms with E-state index in [2.05, 4.69) is 20.6 Å². The minimum Gasteiger partial charge on any atom is -0.356 e. The van der Waals surface area contributed by atoms with E-state index in [1.165, 1.54) is 4.90 Å². The van der Waals surface area contributed by atoms with Crippen LogP contribution >= 0.6 is 24.0 Å². The molecule has 0 fully saturated rings. The highest BCUT2D eigenvalue weighted by Crippen LogP contribution is 2.21. The summed E-state index contributed by atoms with van der Waals surface area (Å²) in [4.78, 5) is 34.3. The topological polar surface area (TPSA) is 86.7 Å². The number of carbonyl (C=O) groups excluding carboxylic acids is 2. The molecule has 0 aliphatic carbocycles. The summed E-state index contributed by atoms with van der Waals surface area (Å²) in [6.45, 7) is 1.39. The van der Waals surface area contributed by atoms with Crippen LogP contribution < -0.4 is 10.6 Å². The number of nitrogens with zero attached hydrogens (tertiary/aromatic N) is 3. The Hall–Kier alpha value is -2.49. The minimum absolute atomic E-state index is 0. The maximum absolute atomic E-state index is 12.3. The smallest absolute Gasteiger partial charge is 0.261 e. The van der Waals surface area contributed by atoms with Crippen molar-refractivity contribution in [2.75, 3.05) is 26.7 Å². The highest BCUT2D eigenvalue weighted by molar-refractivity contribution is 14.0.